The fourth-order valence-electron chi connectivity index (χ4n) is 5.75. The second-order valence-corrected chi connectivity index (χ2v) is 11.7. The van der Waals surface area contributed by atoms with E-state index in [1.807, 2.05) is 67.6 Å². The predicted molar refractivity (Wildman–Crippen MR) is 200 cm³/mol. The van der Waals surface area contributed by atoms with Gasteiger partial charge in [0.15, 0.2) is 12.0 Å². The lowest BCUT2D eigenvalue weighted by atomic mass is 10.1. The number of ether oxygens (including phenoxy) is 3. The van der Waals surface area contributed by atoms with Crippen LogP contribution >= 0.6 is 0 Å². The number of allylic oxidation sites excluding steroid dienone is 1. The highest BCUT2D eigenvalue weighted by molar-refractivity contribution is 6.10. The van der Waals surface area contributed by atoms with Crippen LogP contribution in [0.2, 0.25) is 0 Å². The summed E-state index contributed by atoms with van der Waals surface area (Å²) in [5, 5.41) is 5.30. The number of nitrogens with zero attached hydrogens (tertiary/aromatic N) is 2. The molecule has 0 spiro atoms. The zero-order valence-electron chi connectivity index (χ0n) is 28.2. The standard InChI is InChI=1S/C42H39N3O5/c1-3-4-26-49-41(47)36-15-8-10-16-38(36)44-42(43-25-24-30-18-21-33(48-2)22-19-30)50-34(29-46)27-31-20-23-40-37(28-31)35-14-9-11-17-39(35)45(40)32-12-6-5-7-13-32/h5-23,27-29H,3-4,24-26H2,1-2H3,(H,43,44)/b34-27+. The molecule has 0 radical (unpaired) electrons. The Morgan fingerprint density at radius 2 is 1.58 bits per heavy atom. The maximum absolute atomic E-state index is 13.0. The number of unbranched alkanes of at least 4 members (excludes halogenated alkanes) is 1. The van der Waals surface area contributed by atoms with Crippen molar-refractivity contribution in [2.24, 2.45) is 4.99 Å². The molecule has 252 valence electrons. The maximum atomic E-state index is 13.0. The molecule has 6 aromatic rings. The van der Waals surface area contributed by atoms with Crippen molar-refractivity contribution in [1.29, 1.82) is 0 Å². The summed E-state index contributed by atoms with van der Waals surface area (Å²) >= 11 is 0. The first-order valence-corrected chi connectivity index (χ1v) is 16.7. The van der Waals surface area contributed by atoms with E-state index in [1.165, 1.54) is 0 Å². The minimum atomic E-state index is -0.451. The molecule has 0 saturated heterocycles. The van der Waals surface area contributed by atoms with Crippen molar-refractivity contribution in [2.45, 2.75) is 26.2 Å². The first-order valence-electron chi connectivity index (χ1n) is 16.7. The minimum Gasteiger partial charge on any atom is -0.497 e. The van der Waals surface area contributed by atoms with E-state index in [4.69, 9.17) is 14.2 Å². The van der Waals surface area contributed by atoms with Crippen LogP contribution in [0.4, 0.5) is 5.69 Å². The Balaban J connectivity index is 1.31. The number of anilines is 1. The van der Waals surface area contributed by atoms with Crippen molar-refractivity contribution in [3.8, 4) is 11.4 Å². The van der Waals surface area contributed by atoms with E-state index in [2.05, 4.69) is 51.3 Å². The van der Waals surface area contributed by atoms with Crippen LogP contribution in [0.1, 0.15) is 41.3 Å². The van der Waals surface area contributed by atoms with Crippen LogP contribution in [0, 0.1) is 0 Å². The van der Waals surface area contributed by atoms with E-state index >= 15 is 0 Å². The van der Waals surface area contributed by atoms with E-state index in [1.54, 1.807) is 37.5 Å². The number of hydrogen-bond acceptors (Lipinski definition) is 6. The lowest BCUT2D eigenvalue weighted by Gasteiger charge is -2.14. The SMILES string of the molecule is CCCCOC(=O)c1ccccc1NC(=NCCc1ccc(OC)cc1)O/C(C=O)=C/c1ccc2c(c1)c1ccccc1n2-c1ccccc1. The lowest BCUT2D eigenvalue weighted by molar-refractivity contribution is -0.106. The zero-order chi connectivity index (χ0) is 34.7. The fraction of sp³-hybridized carbons (Fsp3) is 0.167. The van der Waals surface area contributed by atoms with Gasteiger partial charge < -0.3 is 24.1 Å². The predicted octanol–water partition coefficient (Wildman–Crippen LogP) is 9.02. The van der Waals surface area contributed by atoms with Crippen LogP contribution < -0.4 is 10.1 Å². The molecule has 1 N–H and O–H groups in total. The number of esters is 1. The number of nitrogens with one attached hydrogen (secondary N) is 1. The van der Waals surface area contributed by atoms with Gasteiger partial charge in [-0.15, -0.1) is 0 Å². The maximum Gasteiger partial charge on any atom is 0.340 e. The van der Waals surface area contributed by atoms with E-state index in [0.717, 1.165) is 57.2 Å². The van der Waals surface area contributed by atoms with Gasteiger partial charge in [-0.1, -0.05) is 80.1 Å². The van der Waals surface area contributed by atoms with Crippen molar-refractivity contribution >= 4 is 51.8 Å². The number of methoxy groups -OCH3 is 1. The summed E-state index contributed by atoms with van der Waals surface area (Å²) in [7, 11) is 1.63. The Kier molecular flexibility index (Phi) is 11.0. The number of aldehydes is 1. The van der Waals surface area contributed by atoms with Crippen molar-refractivity contribution in [2.75, 3.05) is 25.6 Å². The third kappa shape index (κ3) is 7.93. The van der Waals surface area contributed by atoms with Crippen LogP contribution in [0.3, 0.4) is 0 Å². The number of fused-ring (bicyclic) bond motifs is 3. The van der Waals surface area contributed by atoms with E-state index in [-0.39, 0.29) is 11.8 Å². The third-order valence-corrected chi connectivity index (χ3v) is 8.29. The highest BCUT2D eigenvalue weighted by Gasteiger charge is 2.16. The molecule has 0 amide bonds. The summed E-state index contributed by atoms with van der Waals surface area (Å²) < 4.78 is 19.1. The molecule has 0 saturated carbocycles. The third-order valence-electron chi connectivity index (χ3n) is 8.29. The average Bonchev–Trinajstić information content (AvgIpc) is 3.49. The molecule has 1 aromatic heterocycles. The molecule has 1 heterocycles. The number of rotatable bonds is 13. The molecule has 0 aliphatic rings. The van der Waals surface area contributed by atoms with Gasteiger partial charge in [0.1, 0.15) is 5.75 Å². The Morgan fingerprint density at radius 1 is 0.840 bits per heavy atom. The monoisotopic (exact) mass is 665 g/mol. The molecular weight excluding hydrogens is 626 g/mol. The highest BCUT2D eigenvalue weighted by Crippen LogP contribution is 2.33. The Hall–Kier alpha value is -6.15. The van der Waals surface area contributed by atoms with Crippen molar-refractivity contribution in [1.82, 2.24) is 4.57 Å². The van der Waals surface area contributed by atoms with Gasteiger partial charge in [0.25, 0.3) is 6.02 Å². The van der Waals surface area contributed by atoms with Gasteiger partial charge in [0.2, 0.25) is 0 Å². The Morgan fingerprint density at radius 3 is 2.36 bits per heavy atom. The molecule has 6 rings (SSSR count). The zero-order valence-corrected chi connectivity index (χ0v) is 28.2. The highest BCUT2D eigenvalue weighted by atomic mass is 16.5. The summed E-state index contributed by atoms with van der Waals surface area (Å²) in [5.74, 6) is 0.372. The summed E-state index contributed by atoms with van der Waals surface area (Å²) in [6.45, 7) is 2.72. The molecule has 8 nitrogen and oxygen atoms in total. The molecule has 5 aromatic carbocycles. The molecule has 0 aliphatic carbocycles. The first-order chi connectivity index (χ1) is 24.6. The second-order valence-electron chi connectivity index (χ2n) is 11.7. The number of para-hydroxylation sites is 3. The van der Waals surface area contributed by atoms with Gasteiger partial charge in [-0.3, -0.25) is 4.79 Å². The number of hydrogen-bond donors (Lipinski definition) is 1. The van der Waals surface area contributed by atoms with Crippen LogP contribution in [-0.2, 0) is 20.7 Å². The molecule has 0 unspecified atom stereocenters. The summed E-state index contributed by atoms with van der Waals surface area (Å²) in [4.78, 5) is 30.1. The van der Waals surface area contributed by atoms with Crippen LogP contribution in [0.25, 0.3) is 33.6 Å². The van der Waals surface area contributed by atoms with Gasteiger partial charge in [-0.2, -0.15) is 0 Å². The largest absolute Gasteiger partial charge is 0.497 e. The second kappa shape index (κ2) is 16.3. The number of carbonyl (C=O) groups excluding carboxylic acids is 2. The lowest BCUT2D eigenvalue weighted by Crippen LogP contribution is -2.20. The molecule has 50 heavy (non-hydrogen) atoms. The summed E-state index contributed by atoms with van der Waals surface area (Å²) in [6, 6.07) is 39.4. The van der Waals surface area contributed by atoms with E-state index in [0.29, 0.717) is 37.1 Å². The Bertz CT molecular complexity index is 2150. The summed E-state index contributed by atoms with van der Waals surface area (Å²) in [5.41, 5.74) is 5.84. The first kappa shape index (κ1) is 33.7. The molecule has 8 heteroatoms. The van der Waals surface area contributed by atoms with Crippen molar-refractivity contribution in [3.63, 3.8) is 0 Å². The quantitative estimate of drug-likeness (QED) is 0.0252. The molecule has 0 bridgehead atoms. The number of aliphatic imine (C=N–C) groups is 1. The van der Waals surface area contributed by atoms with Gasteiger partial charge >= 0.3 is 5.97 Å². The van der Waals surface area contributed by atoms with Gasteiger partial charge in [0.05, 0.1) is 36.0 Å². The van der Waals surface area contributed by atoms with Gasteiger partial charge in [-0.05, 0) is 84.6 Å². The van der Waals surface area contributed by atoms with Crippen molar-refractivity contribution in [3.05, 3.63) is 144 Å². The van der Waals surface area contributed by atoms with E-state index in [9.17, 15) is 9.59 Å². The number of carbonyl (C=O) groups is 2. The number of aromatic nitrogens is 1. The molecule has 0 aliphatic heterocycles. The molecular formula is C42H39N3O5. The topological polar surface area (TPSA) is 91.2 Å². The van der Waals surface area contributed by atoms with Gasteiger partial charge in [0, 0.05) is 23.0 Å². The Labute approximate surface area is 291 Å². The number of benzene rings is 5. The minimum absolute atomic E-state index is 0.0508. The van der Waals surface area contributed by atoms with Crippen LogP contribution in [-0.4, -0.2) is 43.1 Å². The summed E-state index contributed by atoms with van der Waals surface area (Å²) in [6.07, 6.45) is 4.64. The average molecular weight is 666 g/mol. The van der Waals surface area contributed by atoms with Gasteiger partial charge in [-0.25, -0.2) is 9.79 Å². The molecule has 0 fully saturated rings. The van der Waals surface area contributed by atoms with Crippen LogP contribution in [0.5, 0.6) is 5.75 Å². The smallest absolute Gasteiger partial charge is 0.340 e. The van der Waals surface area contributed by atoms with Crippen molar-refractivity contribution < 1.29 is 23.8 Å². The normalized spacial score (nSPS) is 11.8. The fourth-order valence-corrected chi connectivity index (χ4v) is 5.75. The van der Waals surface area contributed by atoms with Crippen LogP contribution in [0.15, 0.2) is 132 Å². The molecule has 0 atom stereocenters. The number of amidine groups is 1. The van der Waals surface area contributed by atoms with E-state index < -0.39 is 5.97 Å².